The van der Waals surface area contributed by atoms with Crippen LogP contribution in [0, 0.1) is 0 Å². The molecule has 0 spiro atoms. The van der Waals surface area contributed by atoms with E-state index in [1.54, 1.807) is 6.07 Å². The van der Waals surface area contributed by atoms with E-state index < -0.39 is 0 Å². The lowest BCUT2D eigenvalue weighted by atomic mass is 10.2. The van der Waals surface area contributed by atoms with Gasteiger partial charge in [-0.15, -0.1) is 0 Å². The van der Waals surface area contributed by atoms with Gasteiger partial charge in [0.2, 0.25) is 0 Å². The number of nitrogens with one attached hydrogen (secondary N) is 1. The van der Waals surface area contributed by atoms with E-state index in [1.807, 2.05) is 18.2 Å². The van der Waals surface area contributed by atoms with Crippen molar-refractivity contribution in [3.63, 3.8) is 0 Å². The largest absolute Gasteiger partial charge is 0.326 e. The summed E-state index contributed by atoms with van der Waals surface area (Å²) >= 11 is 1.00. The van der Waals surface area contributed by atoms with Crippen LogP contribution in [0.25, 0.3) is 0 Å². The van der Waals surface area contributed by atoms with Gasteiger partial charge in [0.1, 0.15) is 0 Å². The molecular weight excluding hydrogens is 224 g/mol. The van der Waals surface area contributed by atoms with Gasteiger partial charge in [0.15, 0.2) is 5.69 Å². The highest BCUT2D eigenvalue weighted by Crippen LogP contribution is 2.14. The zero-order chi connectivity index (χ0) is 11.4. The average molecular weight is 234 g/mol. The molecule has 1 aromatic heterocycles. The highest BCUT2D eigenvalue weighted by atomic mass is 32.1. The molecule has 1 aromatic carbocycles. The Kier molecular flexibility index (Phi) is 3.23. The summed E-state index contributed by atoms with van der Waals surface area (Å²) in [6.07, 6.45) is 1.44. The number of anilines is 1. The van der Waals surface area contributed by atoms with Crippen molar-refractivity contribution in [1.29, 1.82) is 0 Å². The van der Waals surface area contributed by atoms with Crippen LogP contribution in [0.5, 0.6) is 0 Å². The Hall–Kier alpha value is -1.79. The molecule has 5 nitrogen and oxygen atoms in total. The topological polar surface area (TPSA) is 80.9 Å². The Balaban J connectivity index is 2.18. The van der Waals surface area contributed by atoms with E-state index in [1.165, 1.54) is 6.20 Å². The van der Waals surface area contributed by atoms with Crippen LogP contribution in [0.2, 0.25) is 0 Å². The van der Waals surface area contributed by atoms with Crippen LogP contribution in [-0.4, -0.2) is 14.7 Å². The summed E-state index contributed by atoms with van der Waals surface area (Å²) in [6.45, 7) is 0.381. The zero-order valence-electron chi connectivity index (χ0n) is 8.38. The summed E-state index contributed by atoms with van der Waals surface area (Å²) in [7, 11) is 0. The maximum Gasteiger partial charge on any atom is 0.277 e. The van der Waals surface area contributed by atoms with E-state index in [-0.39, 0.29) is 5.91 Å². The number of carbonyl (C=O) groups is 1. The summed E-state index contributed by atoms with van der Waals surface area (Å²) in [5.74, 6) is -0.269. The Morgan fingerprint density at radius 3 is 2.94 bits per heavy atom. The van der Waals surface area contributed by atoms with Crippen LogP contribution in [0.15, 0.2) is 30.5 Å². The number of benzene rings is 1. The van der Waals surface area contributed by atoms with E-state index in [2.05, 4.69) is 14.1 Å². The number of rotatable bonds is 3. The van der Waals surface area contributed by atoms with E-state index in [0.717, 1.165) is 17.3 Å². The third-order valence-electron chi connectivity index (χ3n) is 2.08. The minimum Gasteiger partial charge on any atom is -0.326 e. The first-order valence-corrected chi connectivity index (χ1v) is 5.41. The van der Waals surface area contributed by atoms with Crippen molar-refractivity contribution >= 4 is 23.3 Å². The van der Waals surface area contributed by atoms with Gasteiger partial charge in [-0.3, -0.25) is 4.79 Å². The van der Waals surface area contributed by atoms with E-state index >= 15 is 0 Å². The van der Waals surface area contributed by atoms with Crippen molar-refractivity contribution in [2.45, 2.75) is 6.54 Å². The fourth-order valence-corrected chi connectivity index (χ4v) is 1.68. The van der Waals surface area contributed by atoms with Gasteiger partial charge < -0.3 is 11.1 Å². The number of aromatic nitrogens is 2. The van der Waals surface area contributed by atoms with Crippen LogP contribution < -0.4 is 11.1 Å². The molecule has 0 atom stereocenters. The van der Waals surface area contributed by atoms with E-state index in [4.69, 9.17) is 5.73 Å². The third kappa shape index (κ3) is 2.23. The van der Waals surface area contributed by atoms with E-state index in [9.17, 15) is 4.79 Å². The molecule has 0 fully saturated rings. The number of nitrogens with two attached hydrogens (primary N) is 1. The highest BCUT2D eigenvalue weighted by molar-refractivity contribution is 6.99. The molecule has 0 saturated heterocycles. The molecule has 1 amide bonds. The number of amides is 1. The second-order valence-corrected chi connectivity index (χ2v) is 3.66. The van der Waals surface area contributed by atoms with Gasteiger partial charge in [-0.1, -0.05) is 18.2 Å². The van der Waals surface area contributed by atoms with Gasteiger partial charge in [-0.05, 0) is 11.6 Å². The number of hydrogen-bond acceptors (Lipinski definition) is 5. The molecule has 6 heteroatoms. The monoisotopic (exact) mass is 234 g/mol. The molecular formula is C10H10N4OS. The first-order valence-electron chi connectivity index (χ1n) is 4.68. The second-order valence-electron chi connectivity index (χ2n) is 3.11. The third-order valence-corrected chi connectivity index (χ3v) is 2.56. The minimum absolute atomic E-state index is 0.269. The van der Waals surface area contributed by atoms with Crippen LogP contribution >= 0.6 is 11.7 Å². The fraction of sp³-hybridized carbons (Fsp3) is 0.100. The summed E-state index contributed by atoms with van der Waals surface area (Å²) < 4.78 is 7.63. The lowest BCUT2D eigenvalue weighted by molar-refractivity contribution is 0.102. The molecule has 0 aliphatic carbocycles. The summed E-state index contributed by atoms with van der Waals surface area (Å²) in [6, 6.07) is 7.39. The lowest BCUT2D eigenvalue weighted by Gasteiger charge is -2.07. The van der Waals surface area contributed by atoms with Crippen LogP contribution in [-0.2, 0) is 6.54 Å². The summed E-state index contributed by atoms with van der Waals surface area (Å²) in [5, 5.41) is 2.75. The van der Waals surface area contributed by atoms with Crippen LogP contribution in [0.3, 0.4) is 0 Å². The lowest BCUT2D eigenvalue weighted by Crippen LogP contribution is -2.14. The molecule has 0 saturated carbocycles. The molecule has 16 heavy (non-hydrogen) atoms. The molecule has 0 unspecified atom stereocenters. The first-order chi connectivity index (χ1) is 7.81. The van der Waals surface area contributed by atoms with Crippen LogP contribution in [0.4, 0.5) is 5.69 Å². The van der Waals surface area contributed by atoms with Crippen molar-refractivity contribution in [2.75, 3.05) is 5.32 Å². The van der Waals surface area contributed by atoms with E-state index in [0.29, 0.717) is 17.9 Å². The molecule has 0 radical (unpaired) electrons. The highest BCUT2D eigenvalue weighted by Gasteiger charge is 2.10. The van der Waals surface area contributed by atoms with Crippen molar-refractivity contribution in [1.82, 2.24) is 8.75 Å². The maximum absolute atomic E-state index is 11.7. The molecule has 3 N–H and O–H groups in total. The average Bonchev–Trinajstić information content (AvgIpc) is 2.83. The Morgan fingerprint density at radius 2 is 2.25 bits per heavy atom. The predicted molar refractivity (Wildman–Crippen MR) is 62.2 cm³/mol. The molecule has 0 aliphatic rings. The fourth-order valence-electron chi connectivity index (χ4n) is 1.27. The summed E-state index contributed by atoms with van der Waals surface area (Å²) in [5.41, 5.74) is 7.48. The Bertz CT molecular complexity index is 483. The molecule has 2 aromatic rings. The molecule has 2 rings (SSSR count). The van der Waals surface area contributed by atoms with Crippen molar-refractivity contribution in [3.8, 4) is 0 Å². The van der Waals surface area contributed by atoms with Crippen molar-refractivity contribution in [3.05, 3.63) is 41.7 Å². The number of hydrogen-bond donors (Lipinski definition) is 2. The predicted octanol–water partition coefficient (Wildman–Crippen LogP) is 1.25. The summed E-state index contributed by atoms with van der Waals surface area (Å²) in [4.78, 5) is 11.7. The number of nitrogens with zero attached hydrogens (tertiary/aromatic N) is 2. The quantitative estimate of drug-likeness (QED) is 0.837. The van der Waals surface area contributed by atoms with Gasteiger partial charge in [0.25, 0.3) is 5.91 Å². The molecule has 0 bridgehead atoms. The Labute approximate surface area is 96.6 Å². The Morgan fingerprint density at radius 1 is 1.44 bits per heavy atom. The normalized spacial score (nSPS) is 10.1. The SMILES string of the molecule is NCc1ccccc1NC(=O)c1cnsn1. The maximum atomic E-state index is 11.7. The molecule has 0 aliphatic heterocycles. The van der Waals surface area contributed by atoms with Gasteiger partial charge in [-0.2, -0.15) is 8.75 Å². The number of para-hydroxylation sites is 1. The second kappa shape index (κ2) is 4.82. The number of carbonyl (C=O) groups excluding carboxylic acids is 1. The molecule has 1 heterocycles. The molecule has 82 valence electrons. The van der Waals surface area contributed by atoms with Gasteiger partial charge >= 0.3 is 0 Å². The smallest absolute Gasteiger partial charge is 0.277 e. The van der Waals surface area contributed by atoms with Crippen LogP contribution in [0.1, 0.15) is 16.1 Å². The minimum atomic E-state index is -0.269. The zero-order valence-corrected chi connectivity index (χ0v) is 9.20. The van der Waals surface area contributed by atoms with Gasteiger partial charge in [0.05, 0.1) is 17.9 Å². The first kappa shape index (κ1) is 10.7. The standard InChI is InChI=1S/C10H10N4OS/c11-5-7-3-1-2-4-8(7)13-10(15)9-6-12-16-14-9/h1-4,6H,5,11H2,(H,13,15). The van der Waals surface area contributed by atoms with Gasteiger partial charge in [-0.25, -0.2) is 0 Å². The van der Waals surface area contributed by atoms with Crippen molar-refractivity contribution in [2.24, 2.45) is 5.73 Å². The van der Waals surface area contributed by atoms with Crippen molar-refractivity contribution < 1.29 is 4.79 Å². The van der Waals surface area contributed by atoms with Gasteiger partial charge in [0, 0.05) is 12.2 Å².